The molecule has 0 fully saturated rings. The molecule has 126 valence electrons. The van der Waals surface area contributed by atoms with Crippen molar-refractivity contribution in [3.63, 3.8) is 0 Å². The number of aromatic nitrogens is 2. The first kappa shape index (κ1) is 15.4. The Morgan fingerprint density at radius 1 is 1.12 bits per heavy atom. The minimum atomic E-state index is -0.200. The minimum absolute atomic E-state index is 0.0168. The zero-order chi connectivity index (χ0) is 17.4. The van der Waals surface area contributed by atoms with Gasteiger partial charge in [0.1, 0.15) is 0 Å². The van der Waals surface area contributed by atoms with Gasteiger partial charge in [0.15, 0.2) is 0 Å². The third kappa shape index (κ3) is 2.66. The van der Waals surface area contributed by atoms with Gasteiger partial charge in [-0.15, -0.1) is 0 Å². The predicted octanol–water partition coefficient (Wildman–Crippen LogP) is 2.77. The van der Waals surface area contributed by atoms with Gasteiger partial charge in [0.2, 0.25) is 0 Å². The maximum Gasteiger partial charge on any atom is 0.338 e. The Balaban J connectivity index is 1.82. The number of urea groups is 1. The van der Waals surface area contributed by atoms with Gasteiger partial charge in [-0.05, 0) is 28.8 Å². The Labute approximate surface area is 146 Å². The van der Waals surface area contributed by atoms with Crippen LogP contribution in [0.15, 0.2) is 67.3 Å². The smallest absolute Gasteiger partial charge is 0.326 e. The number of amides is 2. The average Bonchev–Trinajstić information content (AvgIpc) is 3.15. The van der Waals surface area contributed by atoms with E-state index in [2.05, 4.69) is 27.8 Å². The van der Waals surface area contributed by atoms with E-state index in [1.54, 1.807) is 18.1 Å². The van der Waals surface area contributed by atoms with E-state index in [-0.39, 0.29) is 12.1 Å². The number of benzene rings is 2. The maximum atomic E-state index is 12.0. The summed E-state index contributed by atoms with van der Waals surface area (Å²) < 4.78 is 2.08. The summed E-state index contributed by atoms with van der Waals surface area (Å²) in [6, 6.07) is 16.2. The summed E-state index contributed by atoms with van der Waals surface area (Å²) in [6.07, 6.45) is 5.56. The predicted molar refractivity (Wildman–Crippen MR) is 95.9 cm³/mol. The van der Waals surface area contributed by atoms with Crippen molar-refractivity contribution in [2.45, 2.75) is 12.6 Å². The summed E-state index contributed by atoms with van der Waals surface area (Å²) in [5.74, 6) is 5.94. The van der Waals surface area contributed by atoms with Crippen LogP contribution in [0.5, 0.6) is 0 Å². The molecule has 1 atom stereocenters. The number of carbonyl (C=O) groups is 1. The number of nitrogens with two attached hydrogens (primary N) is 1. The lowest BCUT2D eigenvalue weighted by molar-refractivity contribution is 0.210. The Morgan fingerprint density at radius 3 is 2.64 bits per heavy atom. The van der Waals surface area contributed by atoms with Crippen LogP contribution in [0.25, 0.3) is 0 Å². The molecule has 2 amide bonds. The molecule has 2 heterocycles. The summed E-state index contributed by atoms with van der Waals surface area (Å²) >= 11 is 0. The Morgan fingerprint density at radius 2 is 1.92 bits per heavy atom. The van der Waals surface area contributed by atoms with E-state index in [1.807, 2.05) is 42.9 Å². The highest BCUT2D eigenvalue weighted by molar-refractivity contribution is 5.93. The largest absolute Gasteiger partial charge is 0.338 e. The number of fused-ring (bicyclic) bond motifs is 1. The zero-order valence-electron chi connectivity index (χ0n) is 13.9. The molecule has 0 aliphatic carbocycles. The Hall–Kier alpha value is -3.12. The van der Waals surface area contributed by atoms with Crippen LogP contribution in [0.4, 0.5) is 10.5 Å². The fourth-order valence-electron chi connectivity index (χ4n) is 3.34. The number of hydrogen-bond donors (Lipinski definition) is 1. The van der Waals surface area contributed by atoms with E-state index >= 15 is 0 Å². The molecule has 1 aromatic heterocycles. The summed E-state index contributed by atoms with van der Waals surface area (Å²) in [6.45, 7) is 0.543. The van der Waals surface area contributed by atoms with Gasteiger partial charge in [0.05, 0.1) is 18.1 Å². The molecular formula is C19H19N5O. The number of anilines is 1. The van der Waals surface area contributed by atoms with E-state index in [0.29, 0.717) is 6.54 Å². The molecule has 0 radical (unpaired) electrons. The van der Waals surface area contributed by atoms with Crippen LogP contribution in [-0.2, 0) is 6.54 Å². The summed E-state index contributed by atoms with van der Waals surface area (Å²) in [5, 5.41) is 1.21. The molecule has 4 rings (SSSR count). The third-order valence-corrected chi connectivity index (χ3v) is 4.56. The quantitative estimate of drug-likeness (QED) is 0.592. The zero-order valence-corrected chi connectivity index (χ0v) is 13.9. The standard InChI is InChI=1S/C19H19N5O/c1-22-12-16-11-15(7-8-17(16)24(20)19(22)25)18(23-10-9-21-13-23)14-5-3-2-4-6-14/h2-11,13,18H,12,20H2,1H3. The van der Waals surface area contributed by atoms with Crippen LogP contribution < -0.4 is 10.9 Å². The lowest BCUT2D eigenvalue weighted by Crippen LogP contribution is -2.49. The lowest BCUT2D eigenvalue weighted by atomic mass is 9.95. The van der Waals surface area contributed by atoms with E-state index in [1.165, 1.54) is 10.6 Å². The van der Waals surface area contributed by atoms with Crippen LogP contribution in [0.2, 0.25) is 0 Å². The number of nitrogens with zero attached hydrogens (tertiary/aromatic N) is 4. The first-order chi connectivity index (χ1) is 12.1. The number of imidazole rings is 1. The second-order valence-corrected chi connectivity index (χ2v) is 6.22. The highest BCUT2D eigenvalue weighted by Crippen LogP contribution is 2.32. The van der Waals surface area contributed by atoms with Crippen LogP contribution in [0.3, 0.4) is 0 Å². The molecule has 1 aliphatic heterocycles. The van der Waals surface area contributed by atoms with E-state index in [0.717, 1.165) is 16.8 Å². The van der Waals surface area contributed by atoms with Crippen molar-refractivity contribution in [1.29, 1.82) is 0 Å². The Kier molecular flexibility index (Phi) is 3.74. The molecule has 6 nitrogen and oxygen atoms in total. The molecule has 1 unspecified atom stereocenters. The first-order valence-electron chi connectivity index (χ1n) is 8.10. The summed E-state index contributed by atoms with van der Waals surface area (Å²) in [5.41, 5.74) is 4.08. The van der Waals surface area contributed by atoms with Gasteiger partial charge < -0.3 is 9.47 Å². The first-order valence-corrected chi connectivity index (χ1v) is 8.10. The maximum absolute atomic E-state index is 12.0. The fourth-order valence-corrected chi connectivity index (χ4v) is 3.34. The lowest BCUT2D eigenvalue weighted by Gasteiger charge is -2.32. The van der Waals surface area contributed by atoms with Gasteiger partial charge in [-0.3, -0.25) is 0 Å². The number of carbonyl (C=O) groups excluding carboxylic acids is 1. The summed E-state index contributed by atoms with van der Waals surface area (Å²) in [7, 11) is 1.75. The molecule has 3 aromatic rings. The number of rotatable bonds is 3. The van der Waals surface area contributed by atoms with Crippen molar-refractivity contribution in [1.82, 2.24) is 14.5 Å². The van der Waals surface area contributed by atoms with E-state index < -0.39 is 0 Å². The normalized spacial score (nSPS) is 15.2. The monoisotopic (exact) mass is 333 g/mol. The van der Waals surface area contributed by atoms with Gasteiger partial charge in [-0.25, -0.2) is 20.6 Å². The minimum Gasteiger partial charge on any atom is -0.326 e. The molecule has 25 heavy (non-hydrogen) atoms. The van der Waals surface area contributed by atoms with Crippen molar-refractivity contribution >= 4 is 11.7 Å². The van der Waals surface area contributed by atoms with Crippen molar-refractivity contribution in [2.75, 3.05) is 12.1 Å². The molecule has 0 saturated heterocycles. The van der Waals surface area contributed by atoms with Crippen molar-refractivity contribution in [3.8, 4) is 0 Å². The second-order valence-electron chi connectivity index (χ2n) is 6.22. The van der Waals surface area contributed by atoms with Gasteiger partial charge in [0.25, 0.3) is 0 Å². The molecule has 0 bridgehead atoms. The SMILES string of the molecule is CN1Cc2cc(C(c3ccccc3)n3ccnc3)ccc2N(N)C1=O. The van der Waals surface area contributed by atoms with Crippen LogP contribution in [0.1, 0.15) is 22.7 Å². The summed E-state index contributed by atoms with van der Waals surface area (Å²) in [4.78, 5) is 17.8. The Bertz CT molecular complexity index is 891. The topological polar surface area (TPSA) is 67.4 Å². The highest BCUT2D eigenvalue weighted by Gasteiger charge is 2.27. The van der Waals surface area contributed by atoms with Crippen molar-refractivity contribution in [3.05, 3.63) is 83.9 Å². The van der Waals surface area contributed by atoms with Crippen LogP contribution in [0, 0.1) is 0 Å². The molecule has 2 aromatic carbocycles. The van der Waals surface area contributed by atoms with Gasteiger partial charge >= 0.3 is 6.03 Å². The average molecular weight is 333 g/mol. The van der Waals surface area contributed by atoms with E-state index in [9.17, 15) is 4.79 Å². The van der Waals surface area contributed by atoms with Crippen LogP contribution in [-0.4, -0.2) is 27.5 Å². The molecule has 1 aliphatic rings. The van der Waals surface area contributed by atoms with E-state index in [4.69, 9.17) is 5.84 Å². The van der Waals surface area contributed by atoms with Gasteiger partial charge in [-0.1, -0.05) is 36.4 Å². The third-order valence-electron chi connectivity index (χ3n) is 4.56. The molecule has 0 saturated carbocycles. The highest BCUT2D eigenvalue weighted by atomic mass is 16.2. The number of hydrogen-bond acceptors (Lipinski definition) is 3. The second kappa shape index (κ2) is 6.07. The fraction of sp³-hybridized carbons (Fsp3) is 0.158. The van der Waals surface area contributed by atoms with Crippen molar-refractivity contribution < 1.29 is 4.79 Å². The van der Waals surface area contributed by atoms with Crippen LogP contribution >= 0.6 is 0 Å². The number of hydrazine groups is 1. The van der Waals surface area contributed by atoms with Gasteiger partial charge in [-0.2, -0.15) is 0 Å². The van der Waals surface area contributed by atoms with Gasteiger partial charge in [0, 0.05) is 26.0 Å². The molecule has 6 heteroatoms. The molecule has 0 spiro atoms. The molecular weight excluding hydrogens is 314 g/mol. The molecule has 2 N–H and O–H groups in total. The van der Waals surface area contributed by atoms with Crippen molar-refractivity contribution in [2.24, 2.45) is 5.84 Å².